The molecule has 2 aromatic rings. The molecule has 0 radical (unpaired) electrons. The molecule has 1 aliphatic rings. The summed E-state index contributed by atoms with van der Waals surface area (Å²) in [7, 11) is 0. The van der Waals surface area contributed by atoms with Crippen LogP contribution in [-0.4, -0.2) is 10.8 Å². The summed E-state index contributed by atoms with van der Waals surface area (Å²) >= 11 is 6.02. The van der Waals surface area contributed by atoms with Gasteiger partial charge in [-0.05, 0) is 23.3 Å². The third kappa shape index (κ3) is 3.87. The molecular weight excluding hydrogens is 322 g/mol. The van der Waals surface area contributed by atoms with Gasteiger partial charge in [0.25, 0.3) is 0 Å². The molecule has 2 aromatic carbocycles. The fourth-order valence-corrected chi connectivity index (χ4v) is 2.80. The second-order valence-electron chi connectivity index (χ2n) is 5.61. The minimum Gasteiger partial charge on any atom is -0.491 e. The first-order valence-electron chi connectivity index (χ1n) is 7.74. The lowest BCUT2D eigenvalue weighted by atomic mass is 9.95. The third-order valence-corrected chi connectivity index (χ3v) is 4.06. The van der Waals surface area contributed by atoms with Gasteiger partial charge in [-0.3, -0.25) is 9.69 Å². The molecule has 0 aliphatic carbocycles. The minimum atomic E-state index is -0.0541. The third-order valence-electron chi connectivity index (χ3n) is 3.83. The van der Waals surface area contributed by atoms with Crippen molar-refractivity contribution in [3.63, 3.8) is 0 Å². The molecule has 0 fully saturated rings. The lowest BCUT2D eigenvalue weighted by Crippen LogP contribution is -2.22. The van der Waals surface area contributed by atoms with Crippen molar-refractivity contribution in [2.24, 2.45) is 0 Å². The van der Waals surface area contributed by atoms with Crippen molar-refractivity contribution in [2.45, 2.75) is 19.4 Å². The monoisotopic (exact) mass is 339 g/mol. The maximum atomic E-state index is 11.7. The summed E-state index contributed by atoms with van der Waals surface area (Å²) < 4.78 is 6.03. The fourth-order valence-electron chi connectivity index (χ4n) is 2.59. The SMILES string of the molecule is CC(=O)N1C=CC(c2ccccc2)C(OCc2cccc(Cl)c2)=C1. The first-order valence-corrected chi connectivity index (χ1v) is 8.12. The second kappa shape index (κ2) is 7.37. The highest BCUT2D eigenvalue weighted by molar-refractivity contribution is 6.30. The van der Waals surface area contributed by atoms with Gasteiger partial charge < -0.3 is 4.74 Å². The van der Waals surface area contributed by atoms with Gasteiger partial charge in [0, 0.05) is 18.1 Å². The van der Waals surface area contributed by atoms with E-state index in [2.05, 4.69) is 12.1 Å². The van der Waals surface area contributed by atoms with E-state index in [0.717, 1.165) is 16.9 Å². The van der Waals surface area contributed by atoms with Crippen molar-refractivity contribution < 1.29 is 9.53 Å². The van der Waals surface area contributed by atoms with Crippen LogP contribution in [0.15, 0.2) is 78.8 Å². The highest BCUT2D eigenvalue weighted by Gasteiger charge is 2.21. The molecule has 122 valence electrons. The molecule has 1 amide bonds. The van der Waals surface area contributed by atoms with E-state index in [9.17, 15) is 4.79 Å². The molecule has 0 N–H and O–H groups in total. The van der Waals surface area contributed by atoms with Crippen molar-refractivity contribution >= 4 is 17.5 Å². The van der Waals surface area contributed by atoms with Crippen molar-refractivity contribution in [2.75, 3.05) is 0 Å². The van der Waals surface area contributed by atoms with Crippen LogP contribution in [0, 0.1) is 0 Å². The van der Waals surface area contributed by atoms with Crippen molar-refractivity contribution in [3.8, 4) is 0 Å². The minimum absolute atomic E-state index is 0.0130. The van der Waals surface area contributed by atoms with Crippen molar-refractivity contribution in [3.05, 3.63) is 95.0 Å². The Hall–Kier alpha value is -2.52. The van der Waals surface area contributed by atoms with E-state index >= 15 is 0 Å². The molecule has 0 spiro atoms. The summed E-state index contributed by atoms with van der Waals surface area (Å²) in [6.45, 7) is 1.92. The van der Waals surface area contributed by atoms with Crippen LogP contribution in [0.3, 0.4) is 0 Å². The summed E-state index contributed by atoms with van der Waals surface area (Å²) in [5.41, 5.74) is 2.11. The normalized spacial score (nSPS) is 16.7. The van der Waals surface area contributed by atoms with E-state index in [0.29, 0.717) is 11.6 Å². The molecule has 1 heterocycles. The van der Waals surface area contributed by atoms with Crippen LogP contribution in [-0.2, 0) is 16.1 Å². The van der Waals surface area contributed by atoms with Crippen LogP contribution in [0.5, 0.6) is 0 Å². The number of nitrogens with zero attached hydrogens (tertiary/aromatic N) is 1. The quantitative estimate of drug-likeness (QED) is 0.796. The van der Waals surface area contributed by atoms with Crippen LogP contribution in [0.1, 0.15) is 24.0 Å². The smallest absolute Gasteiger partial charge is 0.227 e. The predicted molar refractivity (Wildman–Crippen MR) is 95.2 cm³/mol. The summed E-state index contributed by atoms with van der Waals surface area (Å²) in [5, 5.41) is 0.679. The zero-order valence-electron chi connectivity index (χ0n) is 13.4. The van der Waals surface area contributed by atoms with E-state index in [-0.39, 0.29) is 11.8 Å². The van der Waals surface area contributed by atoms with Gasteiger partial charge in [-0.1, -0.05) is 60.1 Å². The Morgan fingerprint density at radius 1 is 1.17 bits per heavy atom. The molecule has 0 saturated heterocycles. The zero-order chi connectivity index (χ0) is 16.9. The number of amides is 1. The number of carbonyl (C=O) groups is 1. The van der Waals surface area contributed by atoms with Crippen LogP contribution in [0.2, 0.25) is 5.02 Å². The standard InChI is InChI=1S/C20H18ClNO2/c1-15(23)22-11-10-19(17-7-3-2-4-8-17)20(13-22)24-14-16-6-5-9-18(21)12-16/h2-13,19H,14H2,1H3. The number of hydrogen-bond donors (Lipinski definition) is 0. The van der Waals surface area contributed by atoms with E-state index in [1.54, 1.807) is 12.4 Å². The van der Waals surface area contributed by atoms with Gasteiger partial charge in [0.05, 0.1) is 12.1 Å². The van der Waals surface area contributed by atoms with Crippen LogP contribution >= 0.6 is 11.6 Å². The Morgan fingerprint density at radius 2 is 1.96 bits per heavy atom. The lowest BCUT2D eigenvalue weighted by Gasteiger charge is -2.25. The van der Waals surface area contributed by atoms with E-state index in [4.69, 9.17) is 16.3 Å². The molecule has 0 saturated carbocycles. The summed E-state index contributed by atoms with van der Waals surface area (Å²) in [6.07, 6.45) is 5.51. The molecule has 3 nitrogen and oxygen atoms in total. The lowest BCUT2D eigenvalue weighted by molar-refractivity contribution is -0.124. The highest BCUT2D eigenvalue weighted by Crippen LogP contribution is 2.31. The number of allylic oxidation sites excluding steroid dienone is 1. The van der Waals surface area contributed by atoms with Gasteiger partial charge in [-0.2, -0.15) is 0 Å². The van der Waals surface area contributed by atoms with Crippen molar-refractivity contribution in [1.29, 1.82) is 0 Å². The maximum absolute atomic E-state index is 11.7. The Balaban J connectivity index is 1.83. The molecule has 1 atom stereocenters. The molecular formula is C20H18ClNO2. The molecule has 0 aromatic heterocycles. The number of hydrogen-bond acceptors (Lipinski definition) is 2. The van der Waals surface area contributed by atoms with E-state index in [1.807, 2.05) is 48.5 Å². The molecule has 3 rings (SSSR count). The number of halogens is 1. The Labute approximate surface area is 146 Å². The largest absolute Gasteiger partial charge is 0.491 e. The first-order chi connectivity index (χ1) is 11.6. The molecule has 0 bridgehead atoms. The van der Waals surface area contributed by atoms with E-state index in [1.165, 1.54) is 11.8 Å². The average molecular weight is 340 g/mol. The van der Waals surface area contributed by atoms with Crippen LogP contribution < -0.4 is 0 Å². The number of carbonyl (C=O) groups excluding carboxylic acids is 1. The van der Waals surface area contributed by atoms with Gasteiger partial charge in [-0.15, -0.1) is 0 Å². The summed E-state index contributed by atoms with van der Waals surface area (Å²) in [6, 6.07) is 17.6. The Kier molecular flexibility index (Phi) is 5.02. The first kappa shape index (κ1) is 16.3. The van der Waals surface area contributed by atoms with Gasteiger partial charge in [0.15, 0.2) is 0 Å². The maximum Gasteiger partial charge on any atom is 0.227 e. The van der Waals surface area contributed by atoms with Crippen LogP contribution in [0.4, 0.5) is 0 Å². The highest BCUT2D eigenvalue weighted by atomic mass is 35.5. The summed E-state index contributed by atoms with van der Waals surface area (Å²) in [4.78, 5) is 13.2. The van der Waals surface area contributed by atoms with Gasteiger partial charge in [-0.25, -0.2) is 0 Å². The molecule has 4 heteroatoms. The number of ether oxygens (including phenoxy) is 1. The predicted octanol–water partition coefficient (Wildman–Crippen LogP) is 4.86. The van der Waals surface area contributed by atoms with Gasteiger partial charge >= 0.3 is 0 Å². The molecule has 1 aliphatic heterocycles. The molecule has 1 unspecified atom stereocenters. The topological polar surface area (TPSA) is 29.5 Å². The van der Waals surface area contributed by atoms with Crippen LogP contribution in [0.25, 0.3) is 0 Å². The summed E-state index contributed by atoms with van der Waals surface area (Å²) in [5.74, 6) is 0.668. The zero-order valence-corrected chi connectivity index (χ0v) is 14.1. The molecule has 24 heavy (non-hydrogen) atoms. The fraction of sp³-hybridized carbons (Fsp3) is 0.150. The van der Waals surface area contributed by atoms with E-state index < -0.39 is 0 Å². The number of rotatable bonds is 4. The Morgan fingerprint density at radius 3 is 2.67 bits per heavy atom. The van der Waals surface area contributed by atoms with Gasteiger partial charge in [0.2, 0.25) is 5.91 Å². The van der Waals surface area contributed by atoms with Gasteiger partial charge in [0.1, 0.15) is 12.4 Å². The average Bonchev–Trinajstić information content (AvgIpc) is 2.60. The number of benzene rings is 2. The second-order valence-corrected chi connectivity index (χ2v) is 6.04. The van der Waals surface area contributed by atoms with Crippen molar-refractivity contribution in [1.82, 2.24) is 4.90 Å². The Bertz CT molecular complexity index is 783.